The molecule has 0 atom stereocenters. The normalized spacial score (nSPS) is 11.1. The summed E-state index contributed by atoms with van der Waals surface area (Å²) in [5.74, 6) is 0.868. The van der Waals surface area contributed by atoms with Crippen LogP contribution in [0.4, 0.5) is 0 Å². The number of benzene rings is 1. The molecular formula is C14H13ClN4. The van der Waals surface area contributed by atoms with E-state index in [-0.39, 0.29) is 0 Å². The Morgan fingerprint density at radius 1 is 1.16 bits per heavy atom. The molecule has 0 N–H and O–H groups in total. The van der Waals surface area contributed by atoms with Crippen molar-refractivity contribution in [2.24, 2.45) is 0 Å². The highest BCUT2D eigenvalue weighted by molar-refractivity contribution is 6.29. The zero-order valence-electron chi connectivity index (χ0n) is 10.8. The maximum absolute atomic E-state index is 5.84. The first kappa shape index (κ1) is 12.1. The number of aryl methyl sites for hydroxylation is 2. The maximum atomic E-state index is 5.84. The van der Waals surface area contributed by atoms with E-state index in [1.54, 1.807) is 12.4 Å². The number of fused-ring (bicyclic) bond motifs is 1. The van der Waals surface area contributed by atoms with Gasteiger partial charge in [0.15, 0.2) is 5.65 Å². The van der Waals surface area contributed by atoms with Crippen molar-refractivity contribution in [3.8, 4) is 0 Å². The van der Waals surface area contributed by atoms with Crippen molar-refractivity contribution in [1.82, 2.24) is 19.6 Å². The van der Waals surface area contributed by atoms with E-state index in [1.165, 1.54) is 16.7 Å². The number of nitrogens with zero attached hydrogens (tertiary/aromatic N) is 4. The topological polar surface area (TPSA) is 43.1 Å². The number of aromatic nitrogens is 4. The molecule has 3 rings (SSSR count). The summed E-state index contributed by atoms with van der Waals surface area (Å²) in [7, 11) is 0. The first-order chi connectivity index (χ1) is 9.13. The van der Waals surface area contributed by atoms with Crippen molar-refractivity contribution in [3.05, 3.63) is 58.3 Å². The Labute approximate surface area is 116 Å². The van der Waals surface area contributed by atoms with Gasteiger partial charge < -0.3 is 0 Å². The second-order valence-corrected chi connectivity index (χ2v) is 5.05. The van der Waals surface area contributed by atoms with E-state index in [2.05, 4.69) is 47.2 Å². The largest absolute Gasteiger partial charge is 0.269 e. The van der Waals surface area contributed by atoms with Crippen molar-refractivity contribution >= 4 is 17.2 Å². The average Bonchev–Trinajstić information content (AvgIpc) is 2.76. The van der Waals surface area contributed by atoms with E-state index < -0.39 is 0 Å². The summed E-state index contributed by atoms with van der Waals surface area (Å²) in [5, 5.41) is 8.76. The minimum absolute atomic E-state index is 0.429. The molecule has 0 aliphatic rings. The van der Waals surface area contributed by atoms with Gasteiger partial charge in [0.25, 0.3) is 0 Å². The molecule has 1 aromatic carbocycles. The Kier molecular flexibility index (Phi) is 2.95. The Balaban J connectivity index is 2.03. The van der Waals surface area contributed by atoms with Gasteiger partial charge in [0.1, 0.15) is 17.3 Å². The fraction of sp³-hybridized carbons (Fsp3) is 0.214. The summed E-state index contributed by atoms with van der Waals surface area (Å²) in [6.07, 6.45) is 2.40. The quantitative estimate of drug-likeness (QED) is 0.674. The maximum Gasteiger partial charge on any atom is 0.165 e. The van der Waals surface area contributed by atoms with Gasteiger partial charge in [-0.3, -0.25) is 4.40 Å². The van der Waals surface area contributed by atoms with Gasteiger partial charge in [-0.15, -0.1) is 10.2 Å². The van der Waals surface area contributed by atoms with E-state index in [0.29, 0.717) is 5.15 Å². The van der Waals surface area contributed by atoms with Gasteiger partial charge in [-0.25, -0.2) is 4.98 Å². The summed E-state index contributed by atoms with van der Waals surface area (Å²) in [6, 6.07) is 8.13. The highest BCUT2D eigenvalue weighted by Gasteiger charge is 2.09. The number of hydrogen-bond donors (Lipinski definition) is 0. The van der Waals surface area contributed by atoms with Crippen LogP contribution in [0.5, 0.6) is 0 Å². The van der Waals surface area contributed by atoms with Gasteiger partial charge in [0.2, 0.25) is 0 Å². The molecule has 5 heteroatoms. The third-order valence-electron chi connectivity index (χ3n) is 3.19. The Morgan fingerprint density at radius 2 is 2.00 bits per heavy atom. The smallest absolute Gasteiger partial charge is 0.165 e. The zero-order valence-corrected chi connectivity index (χ0v) is 11.5. The lowest BCUT2D eigenvalue weighted by Gasteiger charge is -2.06. The van der Waals surface area contributed by atoms with Crippen LogP contribution >= 0.6 is 11.6 Å². The molecule has 0 radical (unpaired) electrons. The van der Waals surface area contributed by atoms with Crippen LogP contribution in [-0.2, 0) is 6.42 Å². The second-order valence-electron chi connectivity index (χ2n) is 4.66. The molecule has 0 fully saturated rings. The molecule has 3 aromatic rings. The summed E-state index contributed by atoms with van der Waals surface area (Å²) < 4.78 is 1.87. The molecular weight excluding hydrogens is 260 g/mol. The lowest BCUT2D eigenvalue weighted by atomic mass is 10.0. The van der Waals surface area contributed by atoms with E-state index in [0.717, 1.165) is 17.9 Å². The summed E-state index contributed by atoms with van der Waals surface area (Å²) in [6.45, 7) is 4.19. The SMILES string of the molecule is Cc1ccc(C)c(Cc2nnc3cc(Cl)ncn23)c1. The summed E-state index contributed by atoms with van der Waals surface area (Å²) >= 11 is 5.84. The van der Waals surface area contributed by atoms with Gasteiger partial charge in [-0.1, -0.05) is 35.4 Å². The van der Waals surface area contributed by atoms with Crippen LogP contribution in [0.3, 0.4) is 0 Å². The molecule has 2 aromatic heterocycles. The molecule has 0 spiro atoms. The minimum atomic E-state index is 0.429. The fourth-order valence-electron chi connectivity index (χ4n) is 2.10. The van der Waals surface area contributed by atoms with Crippen molar-refractivity contribution in [2.75, 3.05) is 0 Å². The van der Waals surface area contributed by atoms with E-state index >= 15 is 0 Å². The molecule has 4 nitrogen and oxygen atoms in total. The standard InChI is InChI=1S/C14H13ClN4/c1-9-3-4-10(2)11(5-9)6-13-17-18-14-7-12(15)16-8-19(13)14/h3-5,7-8H,6H2,1-2H3. The molecule has 96 valence electrons. The summed E-state index contributed by atoms with van der Waals surface area (Å²) in [4.78, 5) is 4.07. The van der Waals surface area contributed by atoms with Gasteiger partial charge in [0.05, 0.1) is 0 Å². The van der Waals surface area contributed by atoms with Gasteiger partial charge in [-0.2, -0.15) is 0 Å². The number of rotatable bonds is 2. The van der Waals surface area contributed by atoms with Gasteiger partial charge in [0, 0.05) is 12.5 Å². The second kappa shape index (κ2) is 4.63. The molecule has 0 aliphatic carbocycles. The molecule has 0 aliphatic heterocycles. The number of halogens is 1. The van der Waals surface area contributed by atoms with Crippen LogP contribution in [-0.4, -0.2) is 19.6 Å². The van der Waals surface area contributed by atoms with Crippen molar-refractivity contribution in [3.63, 3.8) is 0 Å². The Morgan fingerprint density at radius 3 is 2.84 bits per heavy atom. The highest BCUT2D eigenvalue weighted by atomic mass is 35.5. The Bertz CT molecular complexity index is 748. The predicted octanol–water partition coefficient (Wildman–Crippen LogP) is 2.99. The van der Waals surface area contributed by atoms with Crippen LogP contribution in [0.1, 0.15) is 22.5 Å². The lowest BCUT2D eigenvalue weighted by molar-refractivity contribution is 0.913. The first-order valence-electron chi connectivity index (χ1n) is 6.05. The van der Waals surface area contributed by atoms with Crippen LogP contribution < -0.4 is 0 Å². The molecule has 2 heterocycles. The predicted molar refractivity (Wildman–Crippen MR) is 74.5 cm³/mol. The Hall–Kier alpha value is -1.94. The van der Waals surface area contributed by atoms with Crippen LogP contribution in [0, 0.1) is 13.8 Å². The number of hydrogen-bond acceptors (Lipinski definition) is 3. The van der Waals surface area contributed by atoms with Crippen LogP contribution in [0.25, 0.3) is 5.65 Å². The summed E-state index contributed by atoms with van der Waals surface area (Å²) in [5.41, 5.74) is 4.48. The highest BCUT2D eigenvalue weighted by Crippen LogP contribution is 2.16. The van der Waals surface area contributed by atoms with Gasteiger partial charge >= 0.3 is 0 Å². The van der Waals surface area contributed by atoms with Crippen molar-refractivity contribution in [2.45, 2.75) is 20.3 Å². The third kappa shape index (κ3) is 2.31. The fourth-order valence-corrected chi connectivity index (χ4v) is 2.24. The van der Waals surface area contributed by atoms with Crippen molar-refractivity contribution < 1.29 is 0 Å². The van der Waals surface area contributed by atoms with E-state index in [9.17, 15) is 0 Å². The first-order valence-corrected chi connectivity index (χ1v) is 6.42. The molecule has 0 bridgehead atoms. The van der Waals surface area contributed by atoms with Crippen LogP contribution in [0.15, 0.2) is 30.6 Å². The third-order valence-corrected chi connectivity index (χ3v) is 3.40. The molecule has 0 saturated heterocycles. The molecule has 0 amide bonds. The lowest BCUT2D eigenvalue weighted by Crippen LogP contribution is -1.99. The molecule has 19 heavy (non-hydrogen) atoms. The molecule has 0 saturated carbocycles. The van der Waals surface area contributed by atoms with Crippen molar-refractivity contribution in [1.29, 1.82) is 0 Å². The van der Waals surface area contributed by atoms with E-state index in [1.807, 2.05) is 4.40 Å². The average molecular weight is 273 g/mol. The minimum Gasteiger partial charge on any atom is -0.269 e. The van der Waals surface area contributed by atoms with Gasteiger partial charge in [-0.05, 0) is 25.0 Å². The monoisotopic (exact) mass is 272 g/mol. The van der Waals surface area contributed by atoms with E-state index in [4.69, 9.17) is 11.6 Å². The van der Waals surface area contributed by atoms with Crippen LogP contribution in [0.2, 0.25) is 5.15 Å². The molecule has 0 unspecified atom stereocenters. The zero-order chi connectivity index (χ0) is 13.4.